The van der Waals surface area contributed by atoms with Crippen molar-refractivity contribution in [2.75, 3.05) is 19.6 Å². The molecule has 2 atom stereocenters. The first-order valence-electron chi connectivity index (χ1n) is 9.87. The highest BCUT2D eigenvalue weighted by molar-refractivity contribution is 5.83. The molecule has 1 saturated heterocycles. The molecule has 0 aromatic heterocycles. The summed E-state index contributed by atoms with van der Waals surface area (Å²) >= 11 is 0. The van der Waals surface area contributed by atoms with Gasteiger partial charge in [0.25, 0.3) is 0 Å². The number of hydrogen-bond acceptors (Lipinski definition) is 3. The number of piperidine rings is 1. The Balaban J connectivity index is 1.48. The molecule has 1 aromatic carbocycles. The molecule has 3 rings (SSSR count). The van der Waals surface area contributed by atoms with Gasteiger partial charge in [0.1, 0.15) is 0 Å². The summed E-state index contributed by atoms with van der Waals surface area (Å²) in [4.78, 5) is 26.6. The molecule has 3 N–H and O–H groups in total. The maximum absolute atomic E-state index is 12.5. The molecule has 1 aliphatic carbocycles. The molecule has 26 heavy (non-hydrogen) atoms. The zero-order valence-corrected chi connectivity index (χ0v) is 15.9. The van der Waals surface area contributed by atoms with Gasteiger partial charge in [0.05, 0.1) is 5.92 Å². The Labute approximate surface area is 156 Å². The van der Waals surface area contributed by atoms with Gasteiger partial charge in [-0.3, -0.25) is 9.59 Å². The largest absolute Gasteiger partial charge is 0.354 e. The number of nitrogens with zero attached hydrogens (tertiary/aromatic N) is 1. The number of benzene rings is 1. The standard InChI is InChI=1S/C21H31N3O2/c1-14(2)15-5-7-16(8-6-15)19(22)12-23-20(25)18-4-3-11-24(13-18)21(26)17-9-10-17/h5-8,14,17-19H,3-4,9-13,22H2,1-2H3,(H,23,25). The van der Waals surface area contributed by atoms with Crippen LogP contribution in [0, 0.1) is 11.8 Å². The summed E-state index contributed by atoms with van der Waals surface area (Å²) in [6.07, 6.45) is 3.77. The zero-order chi connectivity index (χ0) is 18.7. The van der Waals surface area contributed by atoms with E-state index in [0.29, 0.717) is 19.0 Å². The van der Waals surface area contributed by atoms with E-state index in [-0.39, 0.29) is 29.7 Å². The summed E-state index contributed by atoms with van der Waals surface area (Å²) in [5.41, 5.74) is 8.56. The van der Waals surface area contributed by atoms with Crippen LogP contribution in [0.5, 0.6) is 0 Å². The normalized spacial score (nSPS) is 21.5. The third-order valence-electron chi connectivity index (χ3n) is 5.56. The molecule has 2 fully saturated rings. The van der Waals surface area contributed by atoms with Gasteiger partial charge in [0.15, 0.2) is 0 Å². The lowest BCUT2D eigenvalue weighted by molar-refractivity contribution is -0.136. The van der Waals surface area contributed by atoms with E-state index < -0.39 is 0 Å². The van der Waals surface area contributed by atoms with Crippen LogP contribution < -0.4 is 11.1 Å². The Morgan fingerprint density at radius 2 is 1.77 bits per heavy atom. The number of carbonyl (C=O) groups excluding carboxylic acids is 2. The van der Waals surface area contributed by atoms with Gasteiger partial charge < -0.3 is 16.0 Å². The van der Waals surface area contributed by atoms with Gasteiger partial charge in [-0.1, -0.05) is 38.1 Å². The SMILES string of the molecule is CC(C)c1ccc(C(N)CNC(=O)C2CCCN(C(=O)C3CC3)C2)cc1. The highest BCUT2D eigenvalue weighted by Gasteiger charge is 2.36. The first kappa shape index (κ1) is 18.9. The molecule has 2 amide bonds. The van der Waals surface area contributed by atoms with E-state index >= 15 is 0 Å². The first-order valence-corrected chi connectivity index (χ1v) is 9.87. The Hall–Kier alpha value is -1.88. The number of rotatable bonds is 6. The van der Waals surface area contributed by atoms with Crippen LogP contribution in [-0.2, 0) is 9.59 Å². The summed E-state index contributed by atoms with van der Waals surface area (Å²) in [5, 5.41) is 2.99. The molecule has 1 aromatic rings. The average molecular weight is 357 g/mol. The van der Waals surface area contributed by atoms with E-state index in [1.165, 1.54) is 5.56 Å². The van der Waals surface area contributed by atoms with Crippen LogP contribution in [0.3, 0.4) is 0 Å². The third-order valence-corrected chi connectivity index (χ3v) is 5.56. The lowest BCUT2D eigenvalue weighted by Gasteiger charge is -2.32. The van der Waals surface area contributed by atoms with E-state index in [9.17, 15) is 9.59 Å². The quantitative estimate of drug-likeness (QED) is 0.822. The number of nitrogens with two attached hydrogens (primary N) is 1. The van der Waals surface area contributed by atoms with Crippen molar-refractivity contribution in [3.8, 4) is 0 Å². The minimum Gasteiger partial charge on any atom is -0.354 e. The van der Waals surface area contributed by atoms with Crippen LogP contribution in [0.1, 0.15) is 62.6 Å². The van der Waals surface area contributed by atoms with E-state index in [2.05, 4.69) is 31.3 Å². The molecule has 0 spiro atoms. The van der Waals surface area contributed by atoms with Crippen molar-refractivity contribution in [2.45, 2.75) is 51.5 Å². The summed E-state index contributed by atoms with van der Waals surface area (Å²) in [6, 6.07) is 8.08. The fourth-order valence-electron chi connectivity index (χ4n) is 3.58. The molecule has 0 bridgehead atoms. The monoisotopic (exact) mass is 357 g/mol. The van der Waals surface area contributed by atoms with E-state index in [1.54, 1.807) is 0 Å². The van der Waals surface area contributed by atoms with Gasteiger partial charge in [0, 0.05) is 31.6 Å². The van der Waals surface area contributed by atoms with Crippen LogP contribution >= 0.6 is 0 Å². The smallest absolute Gasteiger partial charge is 0.225 e. The zero-order valence-electron chi connectivity index (χ0n) is 15.9. The number of nitrogens with one attached hydrogen (secondary N) is 1. The van der Waals surface area contributed by atoms with Gasteiger partial charge in [0.2, 0.25) is 11.8 Å². The maximum Gasteiger partial charge on any atom is 0.225 e. The van der Waals surface area contributed by atoms with Crippen molar-refractivity contribution in [1.82, 2.24) is 10.2 Å². The molecular weight excluding hydrogens is 326 g/mol. The van der Waals surface area contributed by atoms with Gasteiger partial charge in [-0.25, -0.2) is 0 Å². The highest BCUT2D eigenvalue weighted by Crippen LogP contribution is 2.32. The number of carbonyl (C=O) groups is 2. The summed E-state index contributed by atoms with van der Waals surface area (Å²) < 4.78 is 0. The molecule has 2 unspecified atom stereocenters. The van der Waals surface area contributed by atoms with Crippen molar-refractivity contribution in [1.29, 1.82) is 0 Å². The Morgan fingerprint density at radius 3 is 2.38 bits per heavy atom. The summed E-state index contributed by atoms with van der Waals surface area (Å²) in [7, 11) is 0. The van der Waals surface area contributed by atoms with Gasteiger partial charge in [-0.15, -0.1) is 0 Å². The molecule has 0 radical (unpaired) electrons. The fraction of sp³-hybridized carbons (Fsp3) is 0.619. The Bertz CT molecular complexity index is 637. The fourth-order valence-corrected chi connectivity index (χ4v) is 3.58. The summed E-state index contributed by atoms with van der Waals surface area (Å²) in [5.74, 6) is 0.866. The van der Waals surface area contributed by atoms with Crippen LogP contribution in [0.2, 0.25) is 0 Å². The van der Waals surface area contributed by atoms with Gasteiger partial charge in [-0.05, 0) is 42.7 Å². The predicted molar refractivity (Wildman–Crippen MR) is 102 cm³/mol. The van der Waals surface area contributed by atoms with E-state index in [0.717, 1.165) is 37.8 Å². The van der Waals surface area contributed by atoms with Crippen molar-refractivity contribution in [2.24, 2.45) is 17.6 Å². The van der Waals surface area contributed by atoms with Crippen molar-refractivity contribution in [3.63, 3.8) is 0 Å². The molecule has 2 aliphatic rings. The number of likely N-dealkylation sites (tertiary alicyclic amines) is 1. The molecule has 1 saturated carbocycles. The first-order chi connectivity index (χ1) is 12.5. The van der Waals surface area contributed by atoms with E-state index in [4.69, 9.17) is 5.73 Å². The minimum atomic E-state index is -0.215. The average Bonchev–Trinajstić information content (AvgIpc) is 3.50. The van der Waals surface area contributed by atoms with Crippen LogP contribution in [0.25, 0.3) is 0 Å². The second-order valence-corrected chi connectivity index (χ2v) is 8.07. The van der Waals surface area contributed by atoms with Crippen molar-refractivity contribution in [3.05, 3.63) is 35.4 Å². The Morgan fingerprint density at radius 1 is 1.12 bits per heavy atom. The highest BCUT2D eigenvalue weighted by atomic mass is 16.2. The number of amides is 2. The molecule has 1 heterocycles. The summed E-state index contributed by atoms with van der Waals surface area (Å²) in [6.45, 7) is 6.10. The van der Waals surface area contributed by atoms with Crippen molar-refractivity contribution >= 4 is 11.8 Å². The topological polar surface area (TPSA) is 75.4 Å². The minimum absolute atomic E-state index is 0.0209. The maximum atomic E-state index is 12.5. The molecule has 1 aliphatic heterocycles. The van der Waals surface area contributed by atoms with Gasteiger partial charge in [-0.2, -0.15) is 0 Å². The van der Waals surface area contributed by atoms with Crippen LogP contribution in [-0.4, -0.2) is 36.3 Å². The Kier molecular flexibility index (Phi) is 5.97. The van der Waals surface area contributed by atoms with Gasteiger partial charge >= 0.3 is 0 Å². The molecule has 142 valence electrons. The van der Waals surface area contributed by atoms with Crippen molar-refractivity contribution < 1.29 is 9.59 Å². The lowest BCUT2D eigenvalue weighted by atomic mass is 9.96. The lowest BCUT2D eigenvalue weighted by Crippen LogP contribution is -2.46. The second kappa shape index (κ2) is 8.21. The molecule has 5 heteroatoms. The second-order valence-electron chi connectivity index (χ2n) is 8.07. The van der Waals surface area contributed by atoms with Crippen LogP contribution in [0.4, 0.5) is 0 Å². The third kappa shape index (κ3) is 4.64. The molecular formula is C21H31N3O2. The number of hydrogen-bond donors (Lipinski definition) is 2. The van der Waals surface area contributed by atoms with E-state index in [1.807, 2.05) is 17.0 Å². The predicted octanol–water partition coefficient (Wildman–Crippen LogP) is 2.57. The van der Waals surface area contributed by atoms with Crippen LogP contribution in [0.15, 0.2) is 24.3 Å². The molecule has 5 nitrogen and oxygen atoms in total.